The Morgan fingerprint density at radius 1 is 0.434 bits per heavy atom. The third-order valence-electron chi connectivity index (χ3n) is 21.6. The molecule has 0 fully saturated rings. The minimum Gasteiger partial charge on any atom is -0.494 e. The fraction of sp³-hybridized carbons (Fsp3) is 0.133. The number of rotatable bonds is 34. The second-order valence-corrected chi connectivity index (χ2v) is 34.7. The highest BCUT2D eigenvalue weighted by Crippen LogP contribution is 2.26. The Labute approximate surface area is 837 Å². The average molecular weight is 1990 g/mol. The molecule has 3 heterocycles. The summed E-state index contributed by atoms with van der Waals surface area (Å²) in [6, 6.07) is 83.7. The first-order chi connectivity index (χ1) is 69.5. The summed E-state index contributed by atoms with van der Waals surface area (Å²) in [5.41, 5.74) is 11.8. The lowest BCUT2D eigenvalue weighted by Crippen LogP contribution is -2.16. The number of ketones is 6. The average Bonchev–Trinajstić information content (AvgIpc) is 1.80. The van der Waals surface area contributed by atoms with Crippen LogP contribution >= 0.6 is 11.3 Å². The normalized spacial score (nSPS) is 10.7. The molecule has 30 nitrogen and oxygen atoms in total. The minimum absolute atomic E-state index is 0.0229. The lowest BCUT2D eigenvalue weighted by Gasteiger charge is -2.08. The Morgan fingerprint density at radius 3 is 1.30 bits per heavy atom. The molecule has 1 aliphatic heterocycles. The number of aromatic carboxylic acids is 7. The molecule has 0 unspecified atom stereocenters. The standard InChI is InChI=1S/C23H18O3S.C17H16O4.C17H16O3.C16H10N2O5.C14H13NO3.C13H12N2O3.C13H11NO3S/c1-2-18-8-10-19(11-9-18)16-23(24)21-14-12-20(13-15-21)17-27(25,26)22-6-4-3-5-7-22;18-16(14-9-4-5-10-15(14)17(19)20)11-6-12-21-13-7-2-1-3-8-13;1-2-12-6-5-7-13(10-12)11-16(18)14-8-3-4-9-15(14)17(19)20;17-8-9-7-10(5-6-11(9)15(20)21)18-14(19)12-3-1-2-4-13(12)16(22)23;1-9-6-7-15-12(9)8-13(16)10-4-2-3-5-11(10)14(17)18;1-8-6-9(15-14-8)7-12(16)10-4-2-3-5-11(10)13(17)18;1-8-12(18-7-14-8)6-11(15)9-4-2-3-5-10(9)13(16)17/h1,3-15H,16-17H2;1-5,7-10H,6,11-12H2,(H,19,20);3-10H,2,11H2,1H3,(H,19,20);1-7H,(H,18,19)(H,20,21)(H,22,23);2-6H,7-8H2,1H3,(H,17,18);2-6H,7H2,1H3,(H,14,15)(H,17,18);2-5,7H,6H2,1H3,(H,16,17). The lowest BCUT2D eigenvalue weighted by molar-refractivity contribution is 0.0683. The molecular formula is C113H96N6O24S2. The summed E-state index contributed by atoms with van der Waals surface area (Å²) in [6.45, 7) is 8.66. The maximum Gasteiger partial charge on any atom is 0.337 e. The first-order valence-electron chi connectivity index (χ1n) is 44.5. The smallest absolute Gasteiger partial charge is 0.337 e. The van der Waals surface area contributed by atoms with Crippen LogP contribution in [0.2, 0.25) is 0 Å². The summed E-state index contributed by atoms with van der Waals surface area (Å²) in [5.74, 6) is -6.41. The van der Waals surface area contributed by atoms with E-state index in [-0.39, 0.29) is 163 Å². The number of carbonyl (C=O) groups is 14. The molecule has 1 aliphatic rings. The third-order valence-corrected chi connectivity index (χ3v) is 24.2. The second kappa shape index (κ2) is 54.7. The van der Waals surface area contributed by atoms with Gasteiger partial charge >= 0.3 is 41.8 Å². The zero-order valence-corrected chi connectivity index (χ0v) is 80.2. The number of para-hydroxylation sites is 1. The topological polar surface area (TPSA) is 514 Å². The molecule has 32 heteroatoms. The summed E-state index contributed by atoms with van der Waals surface area (Å²) in [5, 5.41) is 81.4. The maximum atomic E-state index is 12.4. The van der Waals surface area contributed by atoms with Crippen LogP contribution in [0.1, 0.15) is 233 Å². The van der Waals surface area contributed by atoms with Crippen molar-refractivity contribution in [1.29, 1.82) is 5.26 Å². The molecule has 0 bridgehead atoms. The monoisotopic (exact) mass is 1980 g/mol. The predicted molar refractivity (Wildman–Crippen MR) is 543 cm³/mol. The number of hydrogen-bond donors (Lipinski definition) is 9. The van der Waals surface area contributed by atoms with Crippen molar-refractivity contribution in [2.45, 2.75) is 89.7 Å². The van der Waals surface area contributed by atoms with E-state index in [2.05, 4.69) is 38.3 Å². The van der Waals surface area contributed by atoms with Crippen LogP contribution in [-0.4, -0.2) is 161 Å². The summed E-state index contributed by atoms with van der Waals surface area (Å²) < 4.78 is 30.4. The van der Waals surface area contributed by atoms with E-state index < -0.39 is 57.5 Å². The van der Waals surface area contributed by atoms with E-state index in [9.17, 15) is 75.5 Å². The van der Waals surface area contributed by atoms with Gasteiger partial charge in [-0.05, 0) is 165 Å². The van der Waals surface area contributed by atoms with E-state index in [0.29, 0.717) is 41.3 Å². The zero-order chi connectivity index (χ0) is 105. The van der Waals surface area contributed by atoms with Crippen molar-refractivity contribution < 1.29 is 116 Å². The molecule has 0 atom stereocenters. The highest BCUT2D eigenvalue weighted by Gasteiger charge is 2.26. The molecule has 9 N–H and O–H groups in total. The van der Waals surface area contributed by atoms with Crippen LogP contribution in [-0.2, 0) is 47.7 Å². The van der Waals surface area contributed by atoms with Crippen molar-refractivity contribution in [2.75, 3.05) is 18.5 Å². The zero-order valence-electron chi connectivity index (χ0n) is 78.6. The third kappa shape index (κ3) is 33.4. The van der Waals surface area contributed by atoms with Gasteiger partial charge in [0.2, 0.25) is 0 Å². The number of nitriles is 1. The van der Waals surface area contributed by atoms with Crippen LogP contribution in [0.4, 0.5) is 5.69 Å². The Bertz CT molecular complexity index is 7400. The number of benzene rings is 12. The predicted octanol–water partition coefficient (Wildman–Crippen LogP) is 19.8. The molecular weight excluding hydrogens is 1890 g/mol. The Morgan fingerprint density at radius 2 is 0.862 bits per heavy atom. The number of ether oxygens (including phenoxy) is 1. The summed E-state index contributed by atoms with van der Waals surface area (Å²) in [4.78, 5) is 172. The van der Waals surface area contributed by atoms with Crippen molar-refractivity contribution in [1.82, 2.24) is 15.2 Å². The highest BCUT2D eigenvalue weighted by molar-refractivity contribution is 7.90. The molecule has 12 aromatic carbocycles. The number of aryl methyl sites for hydroxylation is 3. The van der Waals surface area contributed by atoms with Crippen molar-refractivity contribution in [3.63, 3.8) is 0 Å². The van der Waals surface area contributed by atoms with Crippen LogP contribution in [0.3, 0.4) is 0 Å². The maximum absolute atomic E-state index is 12.4. The van der Waals surface area contributed by atoms with Crippen LogP contribution < -0.4 is 10.1 Å². The number of nitrogens with one attached hydrogen (secondary N) is 2. The number of amides is 1. The Balaban J connectivity index is 0.000000189. The van der Waals surface area contributed by atoms with E-state index in [0.717, 1.165) is 56.4 Å². The number of terminal acetylenes is 1. The Hall–Kier alpha value is -18.5. The lowest BCUT2D eigenvalue weighted by atomic mass is 9.97. The summed E-state index contributed by atoms with van der Waals surface area (Å²) in [7, 11) is -3.40. The van der Waals surface area contributed by atoms with Gasteiger partial charge in [0.1, 0.15) is 11.8 Å². The van der Waals surface area contributed by atoms with Gasteiger partial charge in [0.05, 0.1) is 104 Å². The van der Waals surface area contributed by atoms with Gasteiger partial charge in [-0.2, -0.15) is 10.4 Å². The molecule has 734 valence electrons. The number of aliphatic imine (C=N–C) groups is 1. The number of aromatic nitrogens is 3. The second-order valence-electron chi connectivity index (χ2n) is 31.8. The number of H-pyrrole nitrogens is 1. The highest BCUT2D eigenvalue weighted by atomic mass is 32.2. The fourth-order valence-corrected chi connectivity index (χ4v) is 16.3. The molecule has 0 radical (unpaired) electrons. The molecule has 145 heavy (non-hydrogen) atoms. The Kier molecular flexibility index (Phi) is 41.6. The number of sulfone groups is 1. The van der Waals surface area contributed by atoms with Crippen LogP contribution in [0.25, 0.3) is 0 Å². The van der Waals surface area contributed by atoms with Crippen LogP contribution in [0, 0.1) is 37.5 Å². The van der Waals surface area contributed by atoms with Crippen LogP contribution in [0.15, 0.2) is 330 Å². The largest absolute Gasteiger partial charge is 0.494 e. The van der Waals surface area contributed by atoms with Crippen LogP contribution in [0.5, 0.6) is 5.75 Å². The van der Waals surface area contributed by atoms with E-state index in [4.69, 9.17) is 52.2 Å². The van der Waals surface area contributed by atoms with Crippen molar-refractivity contribution >= 4 is 115 Å². The molecule has 0 saturated carbocycles. The van der Waals surface area contributed by atoms with Crippen molar-refractivity contribution in [3.05, 3.63) is 454 Å². The van der Waals surface area contributed by atoms with E-state index in [1.165, 1.54) is 95.8 Å². The molecule has 15 rings (SSSR count). The van der Waals surface area contributed by atoms with E-state index in [1.54, 1.807) is 169 Å². The number of aromatic amines is 1. The van der Waals surface area contributed by atoms with Crippen molar-refractivity contribution in [2.24, 2.45) is 4.99 Å². The number of hydrogen-bond acceptors (Lipinski definition) is 22. The SMILES string of the molecule is C#Cc1ccc(CC(=O)c2ccc(CS(=O)(=O)c3ccccc3)cc2)cc1.CC1=CCN=C1CC(=O)c1ccccc1C(=O)O.CCc1cccc(CC(=O)c2ccccc2C(=O)O)c1.Cc1cc(CC(=O)c2ccccc2C(=O)O)n[nH]1.Cc1ncsc1CC(=O)c1ccccc1C(=O)O.N#Cc1cc(NC(=O)c2ccccc2C(=O)O)ccc1C(=O)O.O=C(O)c1ccccc1C(=O)CCCOc1ccccc1. The molecule has 0 aliphatic carbocycles. The first kappa shape index (κ1) is 110. The molecule has 0 saturated heterocycles. The number of nitrogens with zero attached hydrogens (tertiary/aromatic N) is 4. The summed E-state index contributed by atoms with van der Waals surface area (Å²) >= 11 is 1.41. The van der Waals surface area contributed by atoms with E-state index in [1.807, 2.05) is 93.6 Å². The van der Waals surface area contributed by atoms with Gasteiger partial charge < -0.3 is 45.8 Å². The van der Waals surface area contributed by atoms with Gasteiger partial charge in [0.15, 0.2) is 44.5 Å². The number of carboxylic acid groups (broad SMARTS) is 7. The van der Waals surface area contributed by atoms with Gasteiger partial charge in [-0.1, -0.05) is 219 Å². The summed E-state index contributed by atoms with van der Waals surface area (Å²) in [6.07, 6.45) is 9.93. The number of thiazole rings is 1. The van der Waals surface area contributed by atoms with Gasteiger partial charge in [0, 0.05) is 86.6 Å². The van der Waals surface area contributed by atoms with Gasteiger partial charge in [-0.15, -0.1) is 17.8 Å². The number of carbonyl (C=O) groups excluding carboxylic acids is 7. The number of allylic oxidation sites excluding steroid dienone is 1. The molecule has 0 spiro atoms. The quantitative estimate of drug-likeness (QED) is 0.0103. The van der Waals surface area contributed by atoms with Gasteiger partial charge in [-0.25, -0.2) is 47.0 Å². The van der Waals surface area contributed by atoms with Crippen molar-refractivity contribution in [3.8, 4) is 24.2 Å². The minimum atomic E-state index is -3.40. The number of anilines is 1. The van der Waals surface area contributed by atoms with Gasteiger partial charge in [-0.3, -0.25) is 43.7 Å². The van der Waals surface area contributed by atoms with Gasteiger partial charge in [0.25, 0.3) is 5.91 Å². The number of carboxylic acids is 7. The molecule has 1 amide bonds. The fourth-order valence-electron chi connectivity index (χ4n) is 14.1. The molecule has 14 aromatic rings. The number of Topliss-reactive ketones (excluding diaryl/α,β-unsaturated/α-hetero) is 6. The molecule has 2 aromatic heterocycles. The first-order valence-corrected chi connectivity index (χ1v) is 47.0. The van der Waals surface area contributed by atoms with E-state index >= 15 is 0 Å².